The molecule has 8 heteroatoms. The summed E-state index contributed by atoms with van der Waals surface area (Å²) in [5, 5.41) is 0. The summed E-state index contributed by atoms with van der Waals surface area (Å²) in [7, 11) is -3.48. The number of thiophene rings is 1. The highest BCUT2D eigenvalue weighted by Gasteiger charge is 2.18. The van der Waals surface area contributed by atoms with Crippen LogP contribution in [0, 0.1) is 6.92 Å². The zero-order chi connectivity index (χ0) is 15.6. The van der Waals surface area contributed by atoms with Gasteiger partial charge in [-0.2, -0.15) is 0 Å². The largest absolute Gasteiger partial charge is 0.341 e. The van der Waals surface area contributed by atoms with Gasteiger partial charge in [0.15, 0.2) is 0 Å². The van der Waals surface area contributed by atoms with Gasteiger partial charge < -0.3 is 4.90 Å². The van der Waals surface area contributed by atoms with Crippen molar-refractivity contribution in [2.45, 2.75) is 30.5 Å². The fraction of sp³-hybridized carbons (Fsp3) is 0.429. The minimum absolute atomic E-state index is 0.169. The summed E-state index contributed by atoms with van der Waals surface area (Å²) < 4.78 is 27.3. The van der Waals surface area contributed by atoms with Gasteiger partial charge in [0.05, 0.1) is 12.2 Å². The van der Waals surface area contributed by atoms with Crippen molar-refractivity contribution >= 4 is 27.3 Å². The number of aromatic nitrogens is 2. The van der Waals surface area contributed by atoms with Crippen LogP contribution in [0.25, 0.3) is 0 Å². The molecule has 0 unspecified atom stereocenters. The summed E-state index contributed by atoms with van der Waals surface area (Å²) in [6.07, 6.45) is 3.98. The second-order valence-corrected chi connectivity index (χ2v) is 8.51. The van der Waals surface area contributed by atoms with Gasteiger partial charge in [-0.3, -0.25) is 0 Å². The van der Waals surface area contributed by atoms with Gasteiger partial charge in [0.2, 0.25) is 16.0 Å². The standard InChI is InChI=1S/C14H18N4O2S2/c1-11-4-5-13(21-11)22(19,20)16-10-12-6-7-15-14(17-12)18-8-2-3-9-18/h4-7,16H,2-3,8-10H2,1H3. The van der Waals surface area contributed by atoms with Gasteiger partial charge in [0.25, 0.3) is 0 Å². The average molecular weight is 338 g/mol. The number of anilines is 1. The van der Waals surface area contributed by atoms with Crippen LogP contribution >= 0.6 is 11.3 Å². The molecule has 1 aliphatic rings. The van der Waals surface area contributed by atoms with Crippen LogP contribution in [0.4, 0.5) is 5.95 Å². The van der Waals surface area contributed by atoms with Crippen molar-refractivity contribution in [1.29, 1.82) is 0 Å². The number of nitrogens with one attached hydrogen (secondary N) is 1. The fourth-order valence-electron chi connectivity index (χ4n) is 2.35. The number of rotatable bonds is 5. The molecule has 3 rings (SSSR count). The molecular weight excluding hydrogens is 320 g/mol. The predicted octanol–water partition coefficient (Wildman–Crippen LogP) is 1.93. The smallest absolute Gasteiger partial charge is 0.250 e. The Labute approximate surface area is 134 Å². The summed E-state index contributed by atoms with van der Waals surface area (Å²) in [5.41, 5.74) is 0.675. The van der Waals surface area contributed by atoms with Crippen LogP contribution in [-0.4, -0.2) is 31.5 Å². The zero-order valence-electron chi connectivity index (χ0n) is 12.3. The molecule has 0 aromatic carbocycles. The molecular formula is C14H18N4O2S2. The van der Waals surface area contributed by atoms with Crippen LogP contribution in [0.3, 0.4) is 0 Å². The second-order valence-electron chi connectivity index (χ2n) is 5.23. The topological polar surface area (TPSA) is 75.2 Å². The number of aryl methyl sites for hydroxylation is 1. The van der Waals surface area contributed by atoms with E-state index in [2.05, 4.69) is 19.6 Å². The van der Waals surface area contributed by atoms with Crippen molar-refractivity contribution in [3.8, 4) is 0 Å². The van der Waals surface area contributed by atoms with Crippen LogP contribution < -0.4 is 9.62 Å². The highest BCUT2D eigenvalue weighted by atomic mass is 32.2. The van der Waals surface area contributed by atoms with E-state index in [1.165, 1.54) is 11.3 Å². The number of nitrogens with zero attached hydrogens (tertiary/aromatic N) is 3. The summed E-state index contributed by atoms with van der Waals surface area (Å²) >= 11 is 1.26. The molecule has 1 saturated heterocycles. The molecule has 6 nitrogen and oxygen atoms in total. The third-order valence-corrected chi connectivity index (χ3v) is 6.41. The van der Waals surface area contributed by atoms with E-state index in [1.54, 1.807) is 24.4 Å². The van der Waals surface area contributed by atoms with Gasteiger partial charge >= 0.3 is 0 Å². The molecule has 118 valence electrons. The van der Waals surface area contributed by atoms with E-state index >= 15 is 0 Å². The molecule has 0 aliphatic carbocycles. The summed E-state index contributed by atoms with van der Waals surface area (Å²) in [5.74, 6) is 0.682. The normalized spacial score (nSPS) is 15.4. The van der Waals surface area contributed by atoms with E-state index in [0.29, 0.717) is 15.9 Å². The first kappa shape index (κ1) is 15.4. The van der Waals surface area contributed by atoms with E-state index in [9.17, 15) is 8.42 Å². The van der Waals surface area contributed by atoms with Crippen LogP contribution in [0.2, 0.25) is 0 Å². The van der Waals surface area contributed by atoms with Crippen molar-refractivity contribution in [2.24, 2.45) is 0 Å². The van der Waals surface area contributed by atoms with Gasteiger partial charge in [-0.15, -0.1) is 11.3 Å². The molecule has 1 aliphatic heterocycles. The average Bonchev–Trinajstić information content (AvgIpc) is 3.17. The molecule has 22 heavy (non-hydrogen) atoms. The summed E-state index contributed by atoms with van der Waals surface area (Å²) in [6, 6.07) is 5.16. The van der Waals surface area contributed by atoms with E-state index in [1.807, 2.05) is 6.92 Å². The van der Waals surface area contributed by atoms with Crippen LogP contribution in [0.15, 0.2) is 28.6 Å². The first-order valence-corrected chi connectivity index (χ1v) is 9.47. The van der Waals surface area contributed by atoms with Gasteiger partial charge in [0, 0.05) is 24.2 Å². The van der Waals surface area contributed by atoms with E-state index in [4.69, 9.17) is 0 Å². The second kappa shape index (κ2) is 6.31. The zero-order valence-corrected chi connectivity index (χ0v) is 14.0. The molecule has 0 atom stereocenters. The van der Waals surface area contributed by atoms with Gasteiger partial charge in [-0.05, 0) is 38.0 Å². The lowest BCUT2D eigenvalue weighted by Crippen LogP contribution is -2.24. The van der Waals surface area contributed by atoms with Crippen LogP contribution in [0.1, 0.15) is 23.4 Å². The molecule has 0 bridgehead atoms. The van der Waals surface area contributed by atoms with Gasteiger partial charge in [0.1, 0.15) is 4.21 Å². The third kappa shape index (κ3) is 3.45. The lowest BCUT2D eigenvalue weighted by molar-refractivity contribution is 0.582. The Morgan fingerprint density at radius 1 is 1.27 bits per heavy atom. The third-order valence-electron chi connectivity index (χ3n) is 3.51. The predicted molar refractivity (Wildman–Crippen MR) is 86.6 cm³/mol. The summed E-state index contributed by atoms with van der Waals surface area (Å²) in [4.78, 5) is 11.8. The maximum atomic E-state index is 12.2. The van der Waals surface area contributed by atoms with E-state index < -0.39 is 10.0 Å². The molecule has 0 amide bonds. The molecule has 2 aromatic heterocycles. The van der Waals surface area contributed by atoms with Crippen molar-refractivity contribution in [3.63, 3.8) is 0 Å². The molecule has 1 fully saturated rings. The van der Waals surface area contributed by atoms with Crippen molar-refractivity contribution in [3.05, 3.63) is 35.0 Å². The Hall–Kier alpha value is -1.51. The minimum Gasteiger partial charge on any atom is -0.341 e. The highest BCUT2D eigenvalue weighted by molar-refractivity contribution is 7.91. The lowest BCUT2D eigenvalue weighted by atomic mass is 10.4. The molecule has 0 spiro atoms. The first-order chi connectivity index (χ1) is 10.5. The van der Waals surface area contributed by atoms with E-state index in [0.717, 1.165) is 30.8 Å². The Balaban J connectivity index is 1.69. The number of hydrogen-bond acceptors (Lipinski definition) is 6. The summed E-state index contributed by atoms with van der Waals surface area (Å²) in [6.45, 7) is 3.98. The number of hydrogen-bond donors (Lipinski definition) is 1. The quantitative estimate of drug-likeness (QED) is 0.901. The first-order valence-electron chi connectivity index (χ1n) is 7.17. The molecule has 1 N–H and O–H groups in total. The maximum Gasteiger partial charge on any atom is 0.250 e. The molecule has 3 heterocycles. The maximum absolute atomic E-state index is 12.2. The highest BCUT2D eigenvalue weighted by Crippen LogP contribution is 2.20. The Morgan fingerprint density at radius 2 is 2.05 bits per heavy atom. The number of sulfonamides is 1. The van der Waals surface area contributed by atoms with Crippen molar-refractivity contribution < 1.29 is 8.42 Å². The molecule has 2 aromatic rings. The van der Waals surface area contributed by atoms with Crippen molar-refractivity contribution in [2.75, 3.05) is 18.0 Å². The molecule has 0 saturated carbocycles. The Kier molecular flexibility index (Phi) is 4.42. The van der Waals surface area contributed by atoms with E-state index in [-0.39, 0.29) is 6.54 Å². The van der Waals surface area contributed by atoms with Crippen LogP contribution in [-0.2, 0) is 16.6 Å². The minimum atomic E-state index is -3.48. The Morgan fingerprint density at radius 3 is 2.73 bits per heavy atom. The van der Waals surface area contributed by atoms with Crippen molar-refractivity contribution in [1.82, 2.24) is 14.7 Å². The monoisotopic (exact) mass is 338 g/mol. The van der Waals surface area contributed by atoms with Crippen LogP contribution in [0.5, 0.6) is 0 Å². The SMILES string of the molecule is Cc1ccc(S(=O)(=O)NCc2ccnc(N3CCCC3)n2)s1. The lowest BCUT2D eigenvalue weighted by Gasteiger charge is -2.15. The Bertz CT molecular complexity index is 752. The fourth-order valence-corrected chi connectivity index (χ4v) is 4.68. The van der Waals surface area contributed by atoms with Gasteiger partial charge in [-0.1, -0.05) is 0 Å². The molecule has 0 radical (unpaired) electrons. The van der Waals surface area contributed by atoms with Gasteiger partial charge in [-0.25, -0.2) is 23.1 Å².